The van der Waals surface area contributed by atoms with E-state index in [9.17, 15) is 0 Å². The van der Waals surface area contributed by atoms with E-state index in [1.807, 2.05) is 13.0 Å². The zero-order valence-corrected chi connectivity index (χ0v) is 6.37. The maximum Gasteiger partial charge on any atom is 0.119 e. The van der Waals surface area contributed by atoms with Crippen molar-refractivity contribution in [3.05, 3.63) is 11.8 Å². The number of allylic oxidation sites excluding steroid dienone is 1. The van der Waals surface area contributed by atoms with Gasteiger partial charge in [0.2, 0.25) is 0 Å². The fraction of sp³-hybridized carbons (Fsp3) is 0.500. The molecule has 0 amide bonds. The van der Waals surface area contributed by atoms with Crippen LogP contribution in [-0.4, -0.2) is 10.1 Å². The quantitative estimate of drug-likeness (QED) is 0.320. The second-order valence-corrected chi connectivity index (χ2v) is 2.58. The summed E-state index contributed by atoms with van der Waals surface area (Å²) in [4.78, 5) is 0. The Balaban J connectivity index is 2.56. The summed E-state index contributed by atoms with van der Waals surface area (Å²) in [6, 6.07) is 0. The molecule has 9 heavy (non-hydrogen) atoms. The van der Waals surface area contributed by atoms with Crippen molar-refractivity contribution >= 4 is 23.4 Å². The van der Waals surface area contributed by atoms with Crippen LogP contribution >= 0.6 is 23.4 Å². The average molecular weight is 168 g/mol. The molecule has 0 bridgehead atoms. The molecule has 0 aromatic heterocycles. The van der Waals surface area contributed by atoms with Gasteiger partial charge in [-0.25, -0.2) is 5.43 Å². The largest absolute Gasteiger partial charge is 0.296 e. The molecule has 1 atom stereocenters. The molecule has 52 valence electrons. The number of nitrogens with zero attached hydrogens (tertiary/aromatic N) is 1. The van der Waals surface area contributed by atoms with Crippen LogP contribution in [0.15, 0.2) is 11.8 Å². The van der Waals surface area contributed by atoms with Crippen LogP contribution in [0.1, 0.15) is 6.92 Å². The molecule has 1 aliphatic heterocycles. The fourth-order valence-electron chi connectivity index (χ4n) is 0.589. The number of hydrogen-bond acceptors (Lipinski definition) is 3. The Hall–Kier alpha value is 0.0400. The molecule has 5 heteroatoms. The van der Waals surface area contributed by atoms with Crippen LogP contribution in [0.2, 0.25) is 0 Å². The fourth-order valence-corrected chi connectivity index (χ4v) is 1.16. The Kier molecular flexibility index (Phi) is 2.18. The Bertz CT molecular complexity index is 136. The lowest BCUT2D eigenvalue weighted by Gasteiger charge is -2.24. The van der Waals surface area contributed by atoms with Gasteiger partial charge in [0.1, 0.15) is 5.50 Å². The lowest BCUT2D eigenvalue weighted by atomic mass is 10.4. The Morgan fingerprint density at radius 2 is 2.44 bits per heavy atom. The van der Waals surface area contributed by atoms with Gasteiger partial charge in [0.05, 0.1) is 0 Å². The third-order valence-corrected chi connectivity index (χ3v) is 1.31. The molecule has 0 radical (unpaired) electrons. The van der Waals surface area contributed by atoms with Crippen molar-refractivity contribution in [3.8, 4) is 0 Å². The monoisotopic (exact) mass is 167 g/mol. The van der Waals surface area contributed by atoms with Crippen molar-refractivity contribution in [3.63, 3.8) is 0 Å². The zero-order chi connectivity index (χ0) is 6.85. The highest BCUT2D eigenvalue weighted by Gasteiger charge is 2.11. The summed E-state index contributed by atoms with van der Waals surface area (Å²) in [5, 5.41) is 0. The van der Waals surface area contributed by atoms with Gasteiger partial charge in [0.25, 0.3) is 0 Å². The van der Waals surface area contributed by atoms with Crippen molar-refractivity contribution < 1.29 is 0 Å². The van der Waals surface area contributed by atoms with Crippen LogP contribution in [0.4, 0.5) is 0 Å². The molecule has 1 unspecified atom stereocenters. The van der Waals surface area contributed by atoms with Gasteiger partial charge in [-0.05, 0) is 13.0 Å². The summed E-state index contributed by atoms with van der Waals surface area (Å²) in [6.07, 6.45) is 1.82. The summed E-state index contributed by atoms with van der Waals surface area (Å²) in [7, 11) is 0. The van der Waals surface area contributed by atoms with Gasteiger partial charge in [-0.15, -0.1) is 0 Å². The highest BCUT2D eigenvalue weighted by atomic mass is 35.5. The standard InChI is InChI=1S/C4H7Cl2N3/c1-3-2-4(5)8-9(6)7-3/h2,4,7-8H,1H3. The van der Waals surface area contributed by atoms with E-state index in [2.05, 4.69) is 10.9 Å². The molecule has 1 heterocycles. The molecule has 1 aliphatic rings. The Morgan fingerprint density at radius 1 is 1.78 bits per heavy atom. The number of hydrogen-bond donors (Lipinski definition) is 2. The summed E-state index contributed by atoms with van der Waals surface area (Å²) < 4.78 is 1.20. The highest BCUT2D eigenvalue weighted by Crippen LogP contribution is 2.05. The minimum Gasteiger partial charge on any atom is -0.296 e. The maximum absolute atomic E-state index is 5.65. The molecule has 2 N–H and O–H groups in total. The number of rotatable bonds is 0. The van der Waals surface area contributed by atoms with E-state index in [1.165, 1.54) is 4.64 Å². The Morgan fingerprint density at radius 3 is 2.89 bits per heavy atom. The van der Waals surface area contributed by atoms with Crippen molar-refractivity contribution in [2.75, 3.05) is 0 Å². The molecule has 0 saturated heterocycles. The third kappa shape index (κ3) is 2.02. The molecule has 0 fully saturated rings. The minimum absolute atomic E-state index is 0.219. The van der Waals surface area contributed by atoms with Crippen LogP contribution in [0.25, 0.3) is 0 Å². The third-order valence-electron chi connectivity index (χ3n) is 0.908. The van der Waals surface area contributed by atoms with Crippen LogP contribution in [0.3, 0.4) is 0 Å². The van der Waals surface area contributed by atoms with Crippen molar-refractivity contribution in [2.45, 2.75) is 12.4 Å². The van der Waals surface area contributed by atoms with Crippen molar-refractivity contribution in [1.82, 2.24) is 15.5 Å². The molecular weight excluding hydrogens is 161 g/mol. The van der Waals surface area contributed by atoms with E-state index < -0.39 is 0 Å². The molecular formula is C4H7Cl2N3. The normalized spacial score (nSPS) is 29.2. The van der Waals surface area contributed by atoms with E-state index in [0.717, 1.165) is 5.70 Å². The van der Waals surface area contributed by atoms with Crippen molar-refractivity contribution in [2.24, 2.45) is 0 Å². The van der Waals surface area contributed by atoms with Gasteiger partial charge in [-0.2, -0.15) is 0 Å². The van der Waals surface area contributed by atoms with E-state index in [1.54, 1.807) is 0 Å². The molecule has 3 nitrogen and oxygen atoms in total. The average Bonchev–Trinajstić information content (AvgIpc) is 1.59. The topological polar surface area (TPSA) is 27.3 Å². The smallest absolute Gasteiger partial charge is 0.119 e. The molecule has 0 saturated carbocycles. The number of alkyl halides is 1. The predicted molar refractivity (Wildman–Crippen MR) is 37.4 cm³/mol. The van der Waals surface area contributed by atoms with Gasteiger partial charge in [0.15, 0.2) is 0 Å². The van der Waals surface area contributed by atoms with Gasteiger partial charge < -0.3 is 0 Å². The van der Waals surface area contributed by atoms with E-state index >= 15 is 0 Å². The minimum atomic E-state index is -0.219. The summed E-state index contributed by atoms with van der Waals surface area (Å²) in [5.74, 6) is 0. The van der Waals surface area contributed by atoms with Gasteiger partial charge in [0, 0.05) is 17.5 Å². The highest BCUT2D eigenvalue weighted by molar-refractivity contribution is 6.22. The molecule has 0 aromatic carbocycles. The van der Waals surface area contributed by atoms with E-state index in [4.69, 9.17) is 23.4 Å². The molecule has 1 rings (SSSR count). The first-order chi connectivity index (χ1) is 4.18. The lowest BCUT2D eigenvalue weighted by Crippen LogP contribution is -2.47. The van der Waals surface area contributed by atoms with Gasteiger partial charge in [-0.3, -0.25) is 5.43 Å². The van der Waals surface area contributed by atoms with Gasteiger partial charge in [-0.1, -0.05) is 16.2 Å². The first kappa shape index (κ1) is 7.15. The number of halogens is 2. The summed E-state index contributed by atoms with van der Waals surface area (Å²) in [6.45, 7) is 1.88. The second kappa shape index (κ2) is 2.75. The van der Waals surface area contributed by atoms with Crippen molar-refractivity contribution in [1.29, 1.82) is 0 Å². The van der Waals surface area contributed by atoms with Crippen LogP contribution in [-0.2, 0) is 0 Å². The number of hydrazine groups is 2. The first-order valence-electron chi connectivity index (χ1n) is 2.50. The first-order valence-corrected chi connectivity index (χ1v) is 3.27. The SMILES string of the molecule is CC1=CC(Cl)NN(Cl)N1. The lowest BCUT2D eigenvalue weighted by molar-refractivity contribution is 0.259. The van der Waals surface area contributed by atoms with E-state index in [0.29, 0.717) is 0 Å². The predicted octanol–water partition coefficient (Wildman–Crippen LogP) is 0.934. The molecule has 0 spiro atoms. The zero-order valence-electron chi connectivity index (χ0n) is 4.86. The number of nitrogens with one attached hydrogen (secondary N) is 2. The maximum atomic E-state index is 5.65. The Labute approximate surface area is 63.7 Å². The molecule has 0 aromatic rings. The summed E-state index contributed by atoms with van der Waals surface area (Å²) in [5.41, 5.74) is 6.18. The van der Waals surface area contributed by atoms with Crippen LogP contribution in [0.5, 0.6) is 0 Å². The van der Waals surface area contributed by atoms with Crippen LogP contribution in [0, 0.1) is 0 Å². The summed E-state index contributed by atoms with van der Waals surface area (Å²) >= 11 is 11.1. The second-order valence-electron chi connectivity index (χ2n) is 1.77. The van der Waals surface area contributed by atoms with Crippen LogP contribution < -0.4 is 10.9 Å². The van der Waals surface area contributed by atoms with E-state index in [-0.39, 0.29) is 5.50 Å². The molecule has 0 aliphatic carbocycles. The van der Waals surface area contributed by atoms with Gasteiger partial charge >= 0.3 is 0 Å².